The molecule has 0 aromatic carbocycles. The summed E-state index contributed by atoms with van der Waals surface area (Å²) in [5, 5.41) is 3.16. The van der Waals surface area contributed by atoms with Gasteiger partial charge in [-0.1, -0.05) is 11.3 Å². The Morgan fingerprint density at radius 1 is 1.80 bits per heavy atom. The third kappa shape index (κ3) is 1.64. The number of ketones is 1. The smallest absolute Gasteiger partial charge is 0.234 e. The monoisotopic (exact) mass is 156 g/mol. The van der Waals surface area contributed by atoms with Crippen molar-refractivity contribution < 1.29 is 9.36 Å². The fourth-order valence-electron chi connectivity index (χ4n) is 0.779. The van der Waals surface area contributed by atoms with E-state index in [2.05, 4.69) is 0 Å². The Balaban J connectivity index is 2.74. The molecule has 0 amide bonds. The summed E-state index contributed by atoms with van der Waals surface area (Å²) in [6.07, 6.45) is 1.93. The molecule has 0 aliphatic heterocycles. The lowest BCUT2D eigenvalue weighted by Crippen LogP contribution is -2.37. The number of nitrogens with zero attached hydrogens (tertiary/aromatic N) is 1. The predicted octanol–water partition coefficient (Wildman–Crippen LogP) is 0.933. The third-order valence-electron chi connectivity index (χ3n) is 1.28. The Hall–Kier alpha value is -0.700. The van der Waals surface area contributed by atoms with Gasteiger partial charge in [-0.15, -0.1) is 0 Å². The summed E-state index contributed by atoms with van der Waals surface area (Å²) in [4.78, 5) is 10.6. The van der Waals surface area contributed by atoms with E-state index in [0.29, 0.717) is 6.54 Å². The van der Waals surface area contributed by atoms with Gasteiger partial charge in [0.1, 0.15) is 0 Å². The van der Waals surface area contributed by atoms with Gasteiger partial charge in [0.05, 0.1) is 5.38 Å². The van der Waals surface area contributed by atoms with Gasteiger partial charge in [0, 0.05) is 13.8 Å². The van der Waals surface area contributed by atoms with Crippen molar-refractivity contribution in [1.82, 2.24) is 0 Å². The number of aromatic nitrogens is 1. The topological polar surface area (TPSA) is 20.9 Å². The SMILES string of the molecule is CC(=O)C[n+]1ccsc1C. The van der Waals surface area contributed by atoms with Crippen LogP contribution in [0.15, 0.2) is 11.6 Å². The molecule has 0 saturated carbocycles. The first-order valence-electron chi connectivity index (χ1n) is 3.13. The van der Waals surface area contributed by atoms with Crippen LogP contribution in [0.5, 0.6) is 0 Å². The summed E-state index contributed by atoms with van der Waals surface area (Å²) in [5.41, 5.74) is 0. The van der Waals surface area contributed by atoms with Crippen LogP contribution in [0.2, 0.25) is 0 Å². The molecule has 0 bridgehead atoms. The standard InChI is InChI=1S/C7H10NOS/c1-6(9)5-8-3-4-10-7(8)2/h3-4H,5H2,1-2H3/q+1. The largest absolute Gasteiger partial charge is 0.293 e. The molecule has 1 heterocycles. The van der Waals surface area contributed by atoms with Crippen molar-refractivity contribution in [2.45, 2.75) is 20.4 Å². The van der Waals surface area contributed by atoms with Gasteiger partial charge in [0.2, 0.25) is 11.6 Å². The molecule has 0 unspecified atom stereocenters. The minimum absolute atomic E-state index is 0.200. The molecule has 1 aromatic heterocycles. The van der Waals surface area contributed by atoms with Gasteiger partial charge >= 0.3 is 0 Å². The van der Waals surface area contributed by atoms with Crippen molar-refractivity contribution in [2.24, 2.45) is 0 Å². The van der Waals surface area contributed by atoms with Crippen LogP contribution in [0.3, 0.4) is 0 Å². The molecule has 0 atom stereocenters. The molecule has 0 fully saturated rings. The van der Waals surface area contributed by atoms with Crippen LogP contribution in [0.1, 0.15) is 11.9 Å². The number of thiazole rings is 1. The van der Waals surface area contributed by atoms with E-state index in [1.165, 1.54) is 5.01 Å². The Morgan fingerprint density at radius 3 is 2.90 bits per heavy atom. The summed E-state index contributed by atoms with van der Waals surface area (Å²) in [5.74, 6) is 0.200. The molecule has 0 radical (unpaired) electrons. The Kier molecular flexibility index (Phi) is 2.17. The fourth-order valence-corrected chi connectivity index (χ4v) is 1.44. The first-order valence-corrected chi connectivity index (χ1v) is 4.01. The normalized spacial score (nSPS) is 9.80. The molecule has 3 heteroatoms. The van der Waals surface area contributed by atoms with Gasteiger partial charge in [-0.25, -0.2) is 0 Å². The van der Waals surface area contributed by atoms with E-state index in [4.69, 9.17) is 0 Å². The average Bonchev–Trinajstić information content (AvgIpc) is 2.15. The van der Waals surface area contributed by atoms with Crippen LogP contribution in [-0.2, 0) is 11.3 Å². The number of carbonyl (C=O) groups is 1. The summed E-state index contributed by atoms with van der Waals surface area (Å²) in [7, 11) is 0. The van der Waals surface area contributed by atoms with Crippen LogP contribution in [0.4, 0.5) is 0 Å². The summed E-state index contributed by atoms with van der Waals surface area (Å²) in [6.45, 7) is 4.12. The minimum atomic E-state index is 0.200. The maximum Gasteiger partial charge on any atom is 0.234 e. The number of hydrogen-bond acceptors (Lipinski definition) is 2. The molecule has 0 aliphatic rings. The summed E-state index contributed by atoms with van der Waals surface area (Å²) < 4.78 is 1.95. The van der Waals surface area contributed by atoms with Crippen molar-refractivity contribution in [1.29, 1.82) is 0 Å². The molecule has 1 rings (SSSR count). The minimum Gasteiger partial charge on any atom is -0.293 e. The molecular formula is C7H10NOS+. The zero-order valence-electron chi connectivity index (χ0n) is 6.13. The van der Waals surface area contributed by atoms with Crippen molar-refractivity contribution in [2.75, 3.05) is 0 Å². The van der Waals surface area contributed by atoms with Crippen LogP contribution >= 0.6 is 11.3 Å². The summed E-state index contributed by atoms with van der Waals surface area (Å²) >= 11 is 1.66. The number of Topliss-reactive ketones (excluding diaryl/α,β-unsaturated/α-hetero) is 1. The molecule has 0 N–H and O–H groups in total. The molecule has 0 spiro atoms. The zero-order chi connectivity index (χ0) is 7.56. The Labute approximate surface area is 64.1 Å². The highest BCUT2D eigenvalue weighted by Crippen LogP contribution is 1.98. The van der Waals surface area contributed by atoms with Gasteiger partial charge in [0.15, 0.2) is 12.0 Å². The van der Waals surface area contributed by atoms with Crippen molar-refractivity contribution in [3.8, 4) is 0 Å². The van der Waals surface area contributed by atoms with Crippen molar-refractivity contribution in [3.63, 3.8) is 0 Å². The highest BCUT2D eigenvalue weighted by atomic mass is 32.1. The number of hydrogen-bond donors (Lipinski definition) is 0. The lowest BCUT2D eigenvalue weighted by atomic mass is 10.4. The van der Waals surface area contributed by atoms with Crippen molar-refractivity contribution in [3.05, 3.63) is 16.6 Å². The second kappa shape index (κ2) is 2.92. The highest BCUT2D eigenvalue weighted by molar-refractivity contribution is 7.09. The zero-order valence-corrected chi connectivity index (χ0v) is 6.94. The molecule has 0 saturated heterocycles. The molecule has 1 aromatic rings. The van der Waals surface area contributed by atoms with Gasteiger partial charge in [-0.05, 0) is 0 Å². The predicted molar refractivity (Wildman–Crippen MR) is 39.9 cm³/mol. The second-order valence-electron chi connectivity index (χ2n) is 2.25. The average molecular weight is 156 g/mol. The summed E-state index contributed by atoms with van der Waals surface area (Å²) in [6, 6.07) is 0. The van der Waals surface area contributed by atoms with Crippen molar-refractivity contribution >= 4 is 17.1 Å². The lowest BCUT2D eigenvalue weighted by Gasteiger charge is -1.87. The maximum absolute atomic E-state index is 10.6. The third-order valence-corrected chi connectivity index (χ3v) is 2.11. The van der Waals surface area contributed by atoms with Gasteiger partial charge in [-0.3, -0.25) is 4.79 Å². The quantitative estimate of drug-likeness (QED) is 0.584. The number of aryl methyl sites for hydroxylation is 1. The van der Waals surface area contributed by atoms with E-state index in [1.807, 2.05) is 23.1 Å². The number of carbonyl (C=O) groups excluding carboxylic acids is 1. The molecule has 0 aliphatic carbocycles. The second-order valence-corrected chi connectivity index (χ2v) is 3.35. The van der Waals surface area contributed by atoms with E-state index < -0.39 is 0 Å². The van der Waals surface area contributed by atoms with Gasteiger partial charge < -0.3 is 0 Å². The van der Waals surface area contributed by atoms with Gasteiger partial charge in [-0.2, -0.15) is 4.57 Å². The molecular weight excluding hydrogens is 146 g/mol. The number of rotatable bonds is 2. The molecule has 54 valence electrons. The molecule has 10 heavy (non-hydrogen) atoms. The lowest BCUT2D eigenvalue weighted by molar-refractivity contribution is -0.685. The van der Waals surface area contributed by atoms with E-state index in [9.17, 15) is 4.79 Å². The first kappa shape index (κ1) is 7.41. The first-order chi connectivity index (χ1) is 4.70. The van der Waals surface area contributed by atoms with Crippen LogP contribution in [-0.4, -0.2) is 5.78 Å². The van der Waals surface area contributed by atoms with E-state index in [0.717, 1.165) is 0 Å². The van der Waals surface area contributed by atoms with E-state index in [1.54, 1.807) is 18.3 Å². The maximum atomic E-state index is 10.6. The van der Waals surface area contributed by atoms with Gasteiger partial charge in [0.25, 0.3) is 0 Å². The highest BCUT2D eigenvalue weighted by Gasteiger charge is 2.08. The van der Waals surface area contributed by atoms with Crippen LogP contribution < -0.4 is 4.57 Å². The van der Waals surface area contributed by atoms with Crippen LogP contribution in [0, 0.1) is 6.92 Å². The van der Waals surface area contributed by atoms with Crippen LogP contribution in [0.25, 0.3) is 0 Å². The molecule has 2 nitrogen and oxygen atoms in total. The Morgan fingerprint density at radius 2 is 2.50 bits per heavy atom. The Bertz CT molecular complexity index is 242. The van der Waals surface area contributed by atoms with E-state index >= 15 is 0 Å². The van der Waals surface area contributed by atoms with E-state index in [-0.39, 0.29) is 5.78 Å². The fraction of sp³-hybridized carbons (Fsp3) is 0.429.